The third-order valence-corrected chi connectivity index (χ3v) is 4.97. The maximum absolute atomic E-state index is 12.5. The lowest BCUT2D eigenvalue weighted by molar-refractivity contribution is 0.0467. The summed E-state index contributed by atoms with van der Waals surface area (Å²) in [6, 6.07) is 7.14. The quantitative estimate of drug-likeness (QED) is 0.859. The third kappa shape index (κ3) is 4.25. The van der Waals surface area contributed by atoms with Crippen LogP contribution in [0.15, 0.2) is 34.9 Å². The average Bonchev–Trinajstić information content (AvgIpc) is 3.08. The lowest BCUT2D eigenvalue weighted by Crippen LogP contribution is -2.37. The molecule has 1 amide bonds. The summed E-state index contributed by atoms with van der Waals surface area (Å²) in [4.78, 5) is 18.7. The zero-order valence-electron chi connectivity index (χ0n) is 15.7. The molecule has 0 aromatic carbocycles. The number of amides is 1. The molecule has 2 aromatic heterocycles. The molecule has 1 aliphatic heterocycles. The molecule has 1 unspecified atom stereocenters. The Morgan fingerprint density at radius 3 is 2.65 bits per heavy atom. The molecule has 1 aliphatic rings. The van der Waals surface area contributed by atoms with E-state index in [0.717, 1.165) is 31.7 Å². The number of nitrogens with zero attached hydrogens (tertiary/aromatic N) is 2. The van der Waals surface area contributed by atoms with Crippen LogP contribution in [0, 0.1) is 12.8 Å². The Hall–Kier alpha value is -2.34. The number of nitrogens with one attached hydrogen (secondary N) is 1. The van der Waals surface area contributed by atoms with Crippen molar-refractivity contribution < 1.29 is 14.3 Å². The lowest BCUT2D eigenvalue weighted by atomic mass is 9.99. The molecule has 6 heteroatoms. The molecule has 1 saturated heterocycles. The van der Waals surface area contributed by atoms with Crippen molar-refractivity contribution in [2.24, 2.45) is 5.92 Å². The predicted octanol–water partition coefficient (Wildman–Crippen LogP) is 3.17. The number of rotatable bonds is 5. The van der Waals surface area contributed by atoms with Crippen LogP contribution in [-0.4, -0.2) is 40.5 Å². The summed E-state index contributed by atoms with van der Waals surface area (Å²) in [5.74, 6) is 2.60. The minimum Gasteiger partial charge on any atom is -0.463 e. The first kappa shape index (κ1) is 18.5. The van der Waals surface area contributed by atoms with Gasteiger partial charge in [0.05, 0.1) is 12.1 Å². The number of hydrogen-bond acceptors (Lipinski definition) is 5. The summed E-state index contributed by atoms with van der Waals surface area (Å²) in [6.45, 7) is 7.63. The molecular formula is C20H27N3O3. The van der Waals surface area contributed by atoms with Gasteiger partial charge in [0, 0.05) is 19.3 Å². The molecule has 1 atom stereocenters. The Labute approximate surface area is 154 Å². The highest BCUT2D eigenvalue weighted by molar-refractivity contribution is 5.94. The number of hydrogen-bond donors (Lipinski definition) is 2. The second-order valence-corrected chi connectivity index (χ2v) is 7.44. The Bertz CT molecular complexity index is 744. The maximum Gasteiger partial charge on any atom is 0.255 e. The fraction of sp³-hybridized carbons (Fsp3) is 0.500. The summed E-state index contributed by atoms with van der Waals surface area (Å²) < 4.78 is 5.50. The topological polar surface area (TPSA) is 78.6 Å². The molecule has 140 valence electrons. The molecule has 0 aliphatic carbocycles. The van der Waals surface area contributed by atoms with Crippen molar-refractivity contribution in [3.63, 3.8) is 0 Å². The van der Waals surface area contributed by atoms with Gasteiger partial charge in [0.25, 0.3) is 5.91 Å². The van der Waals surface area contributed by atoms with Gasteiger partial charge in [0.1, 0.15) is 22.9 Å². The molecule has 0 radical (unpaired) electrons. The van der Waals surface area contributed by atoms with Crippen LogP contribution in [0.1, 0.15) is 48.6 Å². The Balaban J connectivity index is 1.58. The minimum absolute atomic E-state index is 0.0361. The van der Waals surface area contributed by atoms with E-state index in [0.29, 0.717) is 23.1 Å². The summed E-state index contributed by atoms with van der Waals surface area (Å²) in [5, 5.41) is 13.6. The summed E-state index contributed by atoms with van der Waals surface area (Å²) in [5.41, 5.74) is -0.548. The van der Waals surface area contributed by atoms with Gasteiger partial charge in [0.2, 0.25) is 0 Å². The zero-order valence-corrected chi connectivity index (χ0v) is 15.7. The van der Waals surface area contributed by atoms with Crippen LogP contribution < -0.4 is 5.32 Å². The Morgan fingerprint density at radius 1 is 1.35 bits per heavy atom. The second kappa shape index (κ2) is 7.50. The van der Waals surface area contributed by atoms with Gasteiger partial charge in [0.15, 0.2) is 0 Å². The highest BCUT2D eigenvalue weighted by Crippen LogP contribution is 2.23. The first-order valence-corrected chi connectivity index (χ1v) is 9.13. The van der Waals surface area contributed by atoms with Crippen LogP contribution in [0.3, 0.4) is 0 Å². The fourth-order valence-electron chi connectivity index (χ4n) is 3.09. The smallest absolute Gasteiger partial charge is 0.255 e. The number of likely N-dealkylation sites (tertiary alicyclic amines) is 1. The molecule has 6 nitrogen and oxygen atoms in total. The van der Waals surface area contributed by atoms with Crippen LogP contribution in [0.25, 0.3) is 0 Å². The van der Waals surface area contributed by atoms with Crippen LogP contribution in [0.4, 0.5) is 5.82 Å². The number of aromatic nitrogens is 1. The van der Waals surface area contributed by atoms with Crippen LogP contribution in [-0.2, 0) is 5.60 Å². The summed E-state index contributed by atoms with van der Waals surface area (Å²) >= 11 is 0. The molecule has 1 fully saturated rings. The predicted molar refractivity (Wildman–Crippen MR) is 100 cm³/mol. The van der Waals surface area contributed by atoms with Crippen molar-refractivity contribution in [2.45, 2.75) is 39.2 Å². The third-order valence-electron chi connectivity index (χ3n) is 4.97. The number of carbonyl (C=O) groups is 1. The number of pyridine rings is 1. The highest BCUT2D eigenvalue weighted by atomic mass is 16.4. The number of aryl methyl sites for hydroxylation is 1. The van der Waals surface area contributed by atoms with Crippen molar-refractivity contribution >= 4 is 11.7 Å². The number of anilines is 1. The molecule has 2 aromatic rings. The van der Waals surface area contributed by atoms with Crippen LogP contribution >= 0.6 is 0 Å². The molecule has 0 bridgehead atoms. The van der Waals surface area contributed by atoms with E-state index in [-0.39, 0.29) is 12.5 Å². The van der Waals surface area contributed by atoms with E-state index >= 15 is 0 Å². The van der Waals surface area contributed by atoms with E-state index in [1.165, 1.54) is 0 Å². The standard InChI is InChI=1S/C20H27N3O3/c1-14-8-10-23(11-9-14)19(24)16-5-7-18(21-12-16)22-13-20(3,25)17-6-4-15(2)26-17/h4-7,12,14,25H,8-11,13H2,1-3H3,(H,21,22). The van der Waals surface area contributed by atoms with E-state index in [9.17, 15) is 9.90 Å². The molecule has 0 spiro atoms. The Morgan fingerprint density at radius 2 is 2.08 bits per heavy atom. The van der Waals surface area contributed by atoms with Gasteiger partial charge in [-0.05, 0) is 56.9 Å². The molecule has 26 heavy (non-hydrogen) atoms. The number of aliphatic hydroxyl groups is 1. The molecule has 2 N–H and O–H groups in total. The van der Waals surface area contributed by atoms with E-state index in [4.69, 9.17) is 4.42 Å². The second-order valence-electron chi connectivity index (χ2n) is 7.44. The zero-order chi connectivity index (χ0) is 18.7. The molecule has 0 saturated carbocycles. The number of furan rings is 1. The van der Waals surface area contributed by atoms with Crippen molar-refractivity contribution in [1.82, 2.24) is 9.88 Å². The highest BCUT2D eigenvalue weighted by Gasteiger charge is 2.27. The molecular weight excluding hydrogens is 330 g/mol. The van der Waals surface area contributed by atoms with E-state index in [2.05, 4.69) is 17.2 Å². The first-order chi connectivity index (χ1) is 12.3. The van der Waals surface area contributed by atoms with E-state index in [1.807, 2.05) is 17.9 Å². The van der Waals surface area contributed by atoms with Crippen molar-refractivity contribution in [3.05, 3.63) is 47.5 Å². The van der Waals surface area contributed by atoms with Gasteiger partial charge in [-0.3, -0.25) is 4.79 Å². The van der Waals surface area contributed by atoms with Gasteiger partial charge in [-0.1, -0.05) is 6.92 Å². The lowest BCUT2D eigenvalue weighted by Gasteiger charge is -2.30. The van der Waals surface area contributed by atoms with E-state index < -0.39 is 5.60 Å². The number of carbonyl (C=O) groups excluding carboxylic acids is 1. The van der Waals surface area contributed by atoms with Gasteiger partial charge < -0.3 is 19.7 Å². The van der Waals surface area contributed by atoms with Gasteiger partial charge in [-0.2, -0.15) is 0 Å². The first-order valence-electron chi connectivity index (χ1n) is 9.13. The fourth-order valence-corrected chi connectivity index (χ4v) is 3.09. The molecule has 3 heterocycles. The van der Waals surface area contributed by atoms with Crippen LogP contribution in [0.2, 0.25) is 0 Å². The number of piperidine rings is 1. The summed E-state index contributed by atoms with van der Waals surface area (Å²) in [6.07, 6.45) is 3.70. The average molecular weight is 357 g/mol. The van der Waals surface area contributed by atoms with Crippen molar-refractivity contribution in [3.8, 4) is 0 Å². The van der Waals surface area contributed by atoms with Crippen molar-refractivity contribution in [2.75, 3.05) is 25.0 Å². The SMILES string of the molecule is Cc1ccc(C(C)(O)CNc2ccc(C(=O)N3CCC(C)CC3)cn2)o1. The summed E-state index contributed by atoms with van der Waals surface area (Å²) in [7, 11) is 0. The molecule has 3 rings (SSSR count). The van der Waals surface area contributed by atoms with Gasteiger partial charge in [-0.25, -0.2) is 4.98 Å². The minimum atomic E-state index is -1.14. The van der Waals surface area contributed by atoms with Gasteiger partial charge in [-0.15, -0.1) is 0 Å². The Kier molecular flexibility index (Phi) is 5.32. The van der Waals surface area contributed by atoms with Gasteiger partial charge >= 0.3 is 0 Å². The van der Waals surface area contributed by atoms with Crippen LogP contribution in [0.5, 0.6) is 0 Å². The van der Waals surface area contributed by atoms with Crippen molar-refractivity contribution in [1.29, 1.82) is 0 Å². The maximum atomic E-state index is 12.5. The monoisotopic (exact) mass is 357 g/mol. The van der Waals surface area contributed by atoms with E-state index in [1.54, 1.807) is 31.3 Å². The normalized spacial score (nSPS) is 17.8. The largest absolute Gasteiger partial charge is 0.463 e.